The Morgan fingerprint density at radius 1 is 1.19 bits per heavy atom. The summed E-state index contributed by atoms with van der Waals surface area (Å²) < 4.78 is 5.05. The average Bonchev–Trinajstić information content (AvgIpc) is 3.20. The predicted molar refractivity (Wildman–Crippen MR) is 123 cm³/mol. The number of amides is 1. The smallest absolute Gasteiger partial charge is 0.346 e. The van der Waals surface area contributed by atoms with Crippen molar-refractivity contribution in [2.75, 3.05) is 6.54 Å². The fourth-order valence-electron chi connectivity index (χ4n) is 4.60. The Hall–Kier alpha value is -3.16. The lowest BCUT2D eigenvalue weighted by Gasteiger charge is -2.21. The van der Waals surface area contributed by atoms with Crippen LogP contribution in [0.1, 0.15) is 58.2 Å². The van der Waals surface area contributed by atoms with E-state index in [1.807, 2.05) is 39.4 Å². The van der Waals surface area contributed by atoms with E-state index in [0.29, 0.717) is 31.9 Å². The molecule has 3 heterocycles. The summed E-state index contributed by atoms with van der Waals surface area (Å²) in [7, 11) is 1.93. The van der Waals surface area contributed by atoms with Crippen LogP contribution in [0.5, 0.6) is 0 Å². The highest BCUT2D eigenvalue weighted by molar-refractivity contribution is 5.82. The van der Waals surface area contributed by atoms with Crippen LogP contribution >= 0.6 is 0 Å². The number of rotatable bonds is 6. The molecule has 8 nitrogen and oxygen atoms in total. The Bertz CT molecular complexity index is 1220. The monoisotopic (exact) mass is 436 g/mol. The van der Waals surface area contributed by atoms with Gasteiger partial charge in [-0.1, -0.05) is 23.8 Å². The number of fused-ring (bicyclic) bond motifs is 1. The van der Waals surface area contributed by atoms with Crippen LogP contribution in [0.4, 0.5) is 0 Å². The number of aryl methyl sites for hydroxylation is 4. The Balaban J connectivity index is 1.49. The van der Waals surface area contributed by atoms with Crippen molar-refractivity contribution in [1.29, 1.82) is 0 Å². The van der Waals surface area contributed by atoms with Crippen LogP contribution in [0.2, 0.25) is 0 Å². The van der Waals surface area contributed by atoms with Crippen molar-refractivity contribution in [3.63, 3.8) is 0 Å². The number of nitrogens with zero attached hydrogens (tertiary/aromatic N) is 5. The summed E-state index contributed by atoms with van der Waals surface area (Å²) in [6.45, 7) is 9.68. The highest BCUT2D eigenvalue weighted by Gasteiger charge is 2.31. The van der Waals surface area contributed by atoms with Crippen LogP contribution in [0, 0.1) is 27.7 Å². The van der Waals surface area contributed by atoms with Gasteiger partial charge in [-0.3, -0.25) is 14.0 Å². The number of hydrogen-bond donors (Lipinski definition) is 1. The number of benzene rings is 1. The molecule has 0 saturated heterocycles. The van der Waals surface area contributed by atoms with Gasteiger partial charge in [0.05, 0.1) is 18.2 Å². The third-order valence-electron chi connectivity index (χ3n) is 6.61. The van der Waals surface area contributed by atoms with E-state index in [9.17, 15) is 9.59 Å². The van der Waals surface area contributed by atoms with Crippen LogP contribution in [0.25, 0.3) is 0 Å². The number of carbonyl (C=O) groups is 1. The molecular formula is C24H32N6O2. The zero-order valence-corrected chi connectivity index (χ0v) is 19.6. The van der Waals surface area contributed by atoms with Gasteiger partial charge in [-0.15, -0.1) is 0 Å². The van der Waals surface area contributed by atoms with Crippen molar-refractivity contribution in [1.82, 2.24) is 29.4 Å². The normalized spacial score (nSPS) is 15.6. The summed E-state index contributed by atoms with van der Waals surface area (Å²) in [6.07, 6.45) is 2.23. The average molecular weight is 437 g/mol. The van der Waals surface area contributed by atoms with Crippen molar-refractivity contribution in [2.45, 2.75) is 66.0 Å². The number of hydrogen-bond acceptors (Lipinski definition) is 4. The largest absolute Gasteiger partial charge is 0.355 e. The number of carbonyl (C=O) groups excluding carboxylic acids is 1. The first-order chi connectivity index (χ1) is 15.3. The van der Waals surface area contributed by atoms with E-state index in [2.05, 4.69) is 33.7 Å². The van der Waals surface area contributed by atoms with Crippen LogP contribution in [-0.4, -0.2) is 36.6 Å². The second kappa shape index (κ2) is 8.76. The van der Waals surface area contributed by atoms with E-state index >= 15 is 0 Å². The highest BCUT2D eigenvalue weighted by atomic mass is 16.2. The molecule has 0 bridgehead atoms. The summed E-state index contributed by atoms with van der Waals surface area (Å²) in [5.41, 5.74) is 6.50. The molecule has 1 atom stereocenters. The molecule has 0 saturated carbocycles. The molecule has 2 aromatic heterocycles. The molecular weight excluding hydrogens is 404 g/mol. The van der Waals surface area contributed by atoms with E-state index in [0.717, 1.165) is 40.9 Å². The maximum atomic E-state index is 13.0. The highest BCUT2D eigenvalue weighted by Crippen LogP contribution is 2.25. The fourth-order valence-corrected chi connectivity index (χ4v) is 4.60. The van der Waals surface area contributed by atoms with E-state index in [-0.39, 0.29) is 11.6 Å². The molecule has 1 amide bonds. The predicted octanol–water partition coefficient (Wildman–Crippen LogP) is 2.30. The quantitative estimate of drug-likeness (QED) is 0.642. The molecule has 0 aliphatic carbocycles. The van der Waals surface area contributed by atoms with Crippen LogP contribution in [0.15, 0.2) is 23.0 Å². The summed E-state index contributed by atoms with van der Waals surface area (Å²) in [4.78, 5) is 26.0. The second-order valence-corrected chi connectivity index (χ2v) is 8.89. The van der Waals surface area contributed by atoms with Gasteiger partial charge in [-0.25, -0.2) is 9.48 Å². The Kier molecular flexibility index (Phi) is 6.04. The first-order valence-corrected chi connectivity index (χ1v) is 11.3. The maximum absolute atomic E-state index is 13.0. The molecule has 8 heteroatoms. The molecule has 1 aliphatic rings. The van der Waals surface area contributed by atoms with Gasteiger partial charge in [0.1, 0.15) is 5.82 Å². The van der Waals surface area contributed by atoms with E-state index < -0.39 is 5.92 Å². The molecule has 1 unspecified atom stereocenters. The van der Waals surface area contributed by atoms with Gasteiger partial charge in [0.15, 0.2) is 0 Å². The van der Waals surface area contributed by atoms with Crippen LogP contribution in [0.3, 0.4) is 0 Å². The van der Waals surface area contributed by atoms with Gasteiger partial charge in [0.2, 0.25) is 5.91 Å². The van der Waals surface area contributed by atoms with Crippen molar-refractivity contribution < 1.29 is 4.79 Å². The standard InChI is InChI=1S/C24H32N6O2/c1-15-8-9-16(2)19(13-15)14-30-24(32)29-12-6-7-21(22(29)27-30)23(31)25-11-10-20-17(3)26-28(5)18(20)4/h8-9,13,21H,6-7,10-12,14H2,1-5H3,(H,25,31). The topological polar surface area (TPSA) is 86.7 Å². The van der Waals surface area contributed by atoms with Gasteiger partial charge in [-0.2, -0.15) is 10.2 Å². The molecule has 0 fully saturated rings. The number of nitrogens with one attached hydrogen (secondary N) is 1. The minimum Gasteiger partial charge on any atom is -0.355 e. The van der Waals surface area contributed by atoms with Gasteiger partial charge in [0, 0.05) is 25.8 Å². The molecule has 32 heavy (non-hydrogen) atoms. The maximum Gasteiger partial charge on any atom is 0.346 e. The minimum atomic E-state index is -0.396. The molecule has 1 aromatic carbocycles. The molecule has 4 rings (SSSR count). The first-order valence-electron chi connectivity index (χ1n) is 11.3. The third-order valence-corrected chi connectivity index (χ3v) is 6.61. The lowest BCUT2D eigenvalue weighted by atomic mass is 9.98. The van der Waals surface area contributed by atoms with Gasteiger partial charge in [-0.05, 0) is 63.6 Å². The zero-order valence-electron chi connectivity index (χ0n) is 19.6. The van der Waals surface area contributed by atoms with E-state index in [1.54, 1.807) is 4.57 Å². The molecule has 0 radical (unpaired) electrons. The van der Waals surface area contributed by atoms with Gasteiger partial charge >= 0.3 is 5.69 Å². The molecule has 1 aliphatic heterocycles. The summed E-state index contributed by atoms with van der Waals surface area (Å²) >= 11 is 0. The van der Waals surface area contributed by atoms with Gasteiger partial charge in [0.25, 0.3) is 0 Å². The Morgan fingerprint density at radius 2 is 1.97 bits per heavy atom. The summed E-state index contributed by atoms with van der Waals surface area (Å²) in [5, 5.41) is 12.1. The van der Waals surface area contributed by atoms with Crippen molar-refractivity contribution in [2.24, 2.45) is 7.05 Å². The van der Waals surface area contributed by atoms with Crippen LogP contribution in [-0.2, 0) is 31.4 Å². The van der Waals surface area contributed by atoms with Gasteiger partial charge < -0.3 is 5.32 Å². The van der Waals surface area contributed by atoms with E-state index in [1.165, 1.54) is 10.2 Å². The first kappa shape index (κ1) is 22.0. The van der Waals surface area contributed by atoms with Crippen molar-refractivity contribution in [3.8, 4) is 0 Å². The lowest BCUT2D eigenvalue weighted by molar-refractivity contribution is -0.123. The lowest BCUT2D eigenvalue weighted by Crippen LogP contribution is -2.36. The number of aromatic nitrogens is 5. The van der Waals surface area contributed by atoms with E-state index in [4.69, 9.17) is 0 Å². The second-order valence-electron chi connectivity index (χ2n) is 8.89. The SMILES string of the molecule is Cc1ccc(C)c(Cn2nc3n(c2=O)CCCC3C(=O)NCCc2c(C)nn(C)c2C)c1. The fraction of sp³-hybridized carbons (Fsp3) is 0.500. The van der Waals surface area contributed by atoms with Crippen molar-refractivity contribution in [3.05, 3.63) is 68.1 Å². The van der Waals surface area contributed by atoms with Crippen LogP contribution < -0.4 is 11.0 Å². The summed E-state index contributed by atoms with van der Waals surface area (Å²) in [5.74, 6) is 0.124. The Morgan fingerprint density at radius 3 is 2.69 bits per heavy atom. The molecule has 3 aromatic rings. The molecule has 1 N–H and O–H groups in total. The summed E-state index contributed by atoms with van der Waals surface area (Å²) in [6, 6.07) is 6.22. The zero-order chi connectivity index (χ0) is 23.0. The molecule has 170 valence electrons. The van der Waals surface area contributed by atoms with Crippen molar-refractivity contribution >= 4 is 5.91 Å². The third kappa shape index (κ3) is 4.13. The minimum absolute atomic E-state index is 0.0611. The molecule has 0 spiro atoms. The Labute approximate surface area is 188 Å².